The predicted octanol–water partition coefficient (Wildman–Crippen LogP) is 3.03. The molecule has 1 rings (SSSR count). The summed E-state index contributed by atoms with van der Waals surface area (Å²) in [6.07, 6.45) is -0.752. The largest absolute Gasteiger partial charge is 0.391 e. The van der Waals surface area contributed by atoms with Crippen LogP contribution in [0, 0.1) is 11.7 Å². The highest BCUT2D eigenvalue weighted by atomic mass is 79.9. The van der Waals surface area contributed by atoms with Crippen molar-refractivity contribution in [1.82, 2.24) is 0 Å². The Kier molecular flexibility index (Phi) is 6.48. The van der Waals surface area contributed by atoms with Gasteiger partial charge in [-0.1, -0.05) is 35.8 Å². The minimum absolute atomic E-state index is 0. The minimum Gasteiger partial charge on any atom is -0.391 e. The maximum Gasteiger partial charge on any atom is 0.129 e. The molecule has 0 fully saturated rings. The van der Waals surface area contributed by atoms with Gasteiger partial charge in [-0.25, -0.2) is 4.39 Å². The van der Waals surface area contributed by atoms with E-state index in [-0.39, 0.29) is 18.3 Å². The summed E-state index contributed by atoms with van der Waals surface area (Å²) in [5, 5.41) is 9.78. The average molecular weight is 313 g/mol. The van der Waals surface area contributed by atoms with Crippen LogP contribution in [0.5, 0.6) is 0 Å². The van der Waals surface area contributed by atoms with Crippen molar-refractivity contribution in [2.75, 3.05) is 0 Å². The lowest BCUT2D eigenvalue weighted by Crippen LogP contribution is -2.31. The highest BCUT2D eigenvalue weighted by Gasteiger charge is 2.24. The molecule has 0 aliphatic carbocycles. The standard InChI is InChI=1S/C11H15BrFNO.ClH/c1-6(2)11(15)10(14)9-7(12)4-3-5-8(9)13;/h3-6,10-11,15H,14H2,1-2H3;1H/t10-,11+;/m1./s1. The molecular weight excluding hydrogens is 296 g/mol. The van der Waals surface area contributed by atoms with Crippen molar-refractivity contribution in [2.45, 2.75) is 26.0 Å². The molecule has 0 heterocycles. The zero-order valence-corrected chi connectivity index (χ0v) is 11.6. The molecule has 0 spiro atoms. The fraction of sp³-hybridized carbons (Fsp3) is 0.455. The molecule has 0 saturated carbocycles. The summed E-state index contributed by atoms with van der Waals surface area (Å²) >= 11 is 3.23. The quantitative estimate of drug-likeness (QED) is 0.901. The highest BCUT2D eigenvalue weighted by molar-refractivity contribution is 9.10. The second-order valence-corrected chi connectivity index (χ2v) is 4.75. The number of aliphatic hydroxyl groups is 1. The number of rotatable bonds is 3. The first-order valence-electron chi connectivity index (χ1n) is 4.82. The first kappa shape index (κ1) is 15.8. The van der Waals surface area contributed by atoms with Gasteiger partial charge in [-0.3, -0.25) is 0 Å². The van der Waals surface area contributed by atoms with Crippen LogP contribution in [0.25, 0.3) is 0 Å². The van der Waals surface area contributed by atoms with Gasteiger partial charge >= 0.3 is 0 Å². The van der Waals surface area contributed by atoms with E-state index >= 15 is 0 Å². The molecule has 0 unspecified atom stereocenters. The summed E-state index contributed by atoms with van der Waals surface area (Å²) in [7, 11) is 0. The highest BCUT2D eigenvalue weighted by Crippen LogP contribution is 2.28. The molecule has 3 N–H and O–H groups in total. The molecule has 16 heavy (non-hydrogen) atoms. The molecule has 1 aromatic rings. The lowest BCUT2D eigenvalue weighted by atomic mass is 9.94. The van der Waals surface area contributed by atoms with E-state index in [0.717, 1.165) is 0 Å². The van der Waals surface area contributed by atoms with Gasteiger partial charge in [-0.2, -0.15) is 0 Å². The SMILES string of the molecule is CC(C)[C@H](O)[C@H](N)c1c(F)cccc1Br.Cl. The van der Waals surface area contributed by atoms with Crippen LogP contribution in [-0.4, -0.2) is 11.2 Å². The van der Waals surface area contributed by atoms with Gasteiger partial charge in [0, 0.05) is 10.0 Å². The van der Waals surface area contributed by atoms with Crippen LogP contribution in [0.15, 0.2) is 22.7 Å². The molecule has 0 saturated heterocycles. The third-order valence-corrected chi connectivity index (χ3v) is 3.08. The van der Waals surface area contributed by atoms with Crippen molar-refractivity contribution in [3.05, 3.63) is 34.1 Å². The van der Waals surface area contributed by atoms with E-state index in [0.29, 0.717) is 10.0 Å². The topological polar surface area (TPSA) is 46.2 Å². The predicted molar refractivity (Wildman–Crippen MR) is 69.1 cm³/mol. The average Bonchev–Trinajstić information content (AvgIpc) is 2.15. The van der Waals surface area contributed by atoms with Crippen molar-refractivity contribution >= 4 is 28.3 Å². The van der Waals surface area contributed by atoms with Gasteiger partial charge in [0.15, 0.2) is 0 Å². The fourth-order valence-corrected chi connectivity index (χ4v) is 2.02. The van der Waals surface area contributed by atoms with Crippen molar-refractivity contribution in [3.63, 3.8) is 0 Å². The number of halogens is 3. The van der Waals surface area contributed by atoms with E-state index in [1.807, 2.05) is 13.8 Å². The third kappa shape index (κ3) is 3.42. The maximum absolute atomic E-state index is 13.5. The Morgan fingerprint density at radius 3 is 2.38 bits per heavy atom. The van der Waals surface area contributed by atoms with Gasteiger partial charge in [-0.15, -0.1) is 12.4 Å². The summed E-state index contributed by atoms with van der Waals surface area (Å²) < 4.78 is 14.1. The first-order valence-corrected chi connectivity index (χ1v) is 5.62. The van der Waals surface area contributed by atoms with E-state index in [1.54, 1.807) is 12.1 Å². The summed E-state index contributed by atoms with van der Waals surface area (Å²) in [6, 6.07) is 3.94. The number of hydrogen-bond acceptors (Lipinski definition) is 2. The zero-order valence-electron chi connectivity index (χ0n) is 9.15. The van der Waals surface area contributed by atoms with E-state index in [2.05, 4.69) is 15.9 Å². The Morgan fingerprint density at radius 2 is 1.94 bits per heavy atom. The van der Waals surface area contributed by atoms with Crippen molar-refractivity contribution in [1.29, 1.82) is 0 Å². The van der Waals surface area contributed by atoms with Gasteiger partial charge in [-0.05, 0) is 18.1 Å². The smallest absolute Gasteiger partial charge is 0.129 e. The molecule has 0 aliphatic rings. The van der Waals surface area contributed by atoms with Gasteiger partial charge < -0.3 is 10.8 Å². The summed E-state index contributed by atoms with van der Waals surface area (Å²) in [4.78, 5) is 0. The fourth-order valence-electron chi connectivity index (χ4n) is 1.41. The van der Waals surface area contributed by atoms with Gasteiger partial charge in [0.05, 0.1) is 12.1 Å². The second kappa shape index (κ2) is 6.55. The Balaban J connectivity index is 0.00000225. The first-order chi connectivity index (χ1) is 6.95. The van der Waals surface area contributed by atoms with Crippen LogP contribution in [0.4, 0.5) is 4.39 Å². The van der Waals surface area contributed by atoms with E-state index < -0.39 is 18.0 Å². The molecule has 0 radical (unpaired) electrons. The molecule has 0 amide bonds. The van der Waals surface area contributed by atoms with E-state index in [1.165, 1.54) is 6.07 Å². The monoisotopic (exact) mass is 311 g/mol. The van der Waals surface area contributed by atoms with Crippen LogP contribution in [-0.2, 0) is 0 Å². The Bertz CT molecular complexity index is 329. The molecule has 2 atom stereocenters. The molecule has 0 aromatic heterocycles. The number of nitrogens with two attached hydrogens (primary N) is 1. The van der Waals surface area contributed by atoms with Crippen LogP contribution in [0.2, 0.25) is 0 Å². The van der Waals surface area contributed by atoms with Gasteiger partial charge in [0.25, 0.3) is 0 Å². The minimum atomic E-state index is -0.752. The van der Waals surface area contributed by atoms with Gasteiger partial charge in [0.1, 0.15) is 5.82 Å². The van der Waals surface area contributed by atoms with Crippen molar-refractivity contribution in [3.8, 4) is 0 Å². The molecule has 1 aromatic carbocycles. The van der Waals surface area contributed by atoms with Crippen LogP contribution < -0.4 is 5.73 Å². The van der Waals surface area contributed by atoms with Crippen LogP contribution in [0.1, 0.15) is 25.5 Å². The molecule has 2 nitrogen and oxygen atoms in total. The molecule has 92 valence electrons. The van der Waals surface area contributed by atoms with Gasteiger partial charge in [0.2, 0.25) is 0 Å². The third-order valence-electron chi connectivity index (χ3n) is 2.38. The number of benzene rings is 1. The second-order valence-electron chi connectivity index (χ2n) is 3.90. The lowest BCUT2D eigenvalue weighted by molar-refractivity contribution is 0.0964. The lowest BCUT2D eigenvalue weighted by Gasteiger charge is -2.23. The molecule has 0 bridgehead atoms. The van der Waals surface area contributed by atoms with E-state index in [9.17, 15) is 9.50 Å². The summed E-state index contributed by atoms with van der Waals surface area (Å²) in [6.45, 7) is 3.69. The number of aliphatic hydroxyl groups excluding tert-OH is 1. The Morgan fingerprint density at radius 1 is 1.38 bits per heavy atom. The van der Waals surface area contributed by atoms with Crippen LogP contribution in [0.3, 0.4) is 0 Å². The summed E-state index contributed by atoms with van der Waals surface area (Å²) in [5.41, 5.74) is 6.15. The number of hydrogen-bond donors (Lipinski definition) is 2. The Hall–Kier alpha value is -0.160. The normalized spacial score (nSPS) is 14.4. The zero-order chi connectivity index (χ0) is 11.6. The van der Waals surface area contributed by atoms with E-state index in [4.69, 9.17) is 5.73 Å². The van der Waals surface area contributed by atoms with Crippen molar-refractivity contribution < 1.29 is 9.50 Å². The maximum atomic E-state index is 13.5. The molecule has 0 aliphatic heterocycles. The summed E-state index contributed by atoms with van der Waals surface area (Å²) in [5.74, 6) is -0.400. The van der Waals surface area contributed by atoms with Crippen LogP contribution >= 0.6 is 28.3 Å². The van der Waals surface area contributed by atoms with Crippen molar-refractivity contribution in [2.24, 2.45) is 11.7 Å². The molecular formula is C11H16BrClFNO. The Labute approximate surface area is 110 Å². The molecule has 5 heteroatoms.